The highest BCUT2D eigenvalue weighted by atomic mass is 35.5. The quantitative estimate of drug-likeness (QED) is 0.454. The third-order valence-electron chi connectivity index (χ3n) is 5.63. The lowest BCUT2D eigenvalue weighted by Crippen LogP contribution is -2.26. The van der Waals surface area contributed by atoms with Gasteiger partial charge in [0.1, 0.15) is 0 Å². The fourth-order valence-electron chi connectivity index (χ4n) is 3.95. The van der Waals surface area contributed by atoms with Crippen molar-refractivity contribution in [2.45, 2.75) is 43.0 Å². The van der Waals surface area contributed by atoms with Gasteiger partial charge in [0, 0.05) is 25.0 Å². The molecule has 174 valence electrons. The van der Waals surface area contributed by atoms with Gasteiger partial charge in [-0.05, 0) is 48.7 Å². The van der Waals surface area contributed by atoms with E-state index in [9.17, 15) is 13.2 Å². The molecule has 1 atom stereocenters. The molecule has 0 bridgehead atoms. The van der Waals surface area contributed by atoms with Crippen molar-refractivity contribution in [3.63, 3.8) is 0 Å². The number of carbonyl (C=O) groups excluding carboxylic acids is 1. The molecule has 0 aromatic heterocycles. The molecular formula is C23H30ClN3O4S. The van der Waals surface area contributed by atoms with Crippen molar-refractivity contribution >= 4 is 33.2 Å². The van der Waals surface area contributed by atoms with E-state index in [-0.39, 0.29) is 23.5 Å². The second kappa shape index (κ2) is 11.1. The summed E-state index contributed by atoms with van der Waals surface area (Å²) >= 11 is 6.15. The van der Waals surface area contributed by atoms with Crippen molar-refractivity contribution in [2.24, 2.45) is 0 Å². The van der Waals surface area contributed by atoms with Crippen molar-refractivity contribution in [1.29, 1.82) is 0 Å². The molecule has 0 aliphatic carbocycles. The van der Waals surface area contributed by atoms with Gasteiger partial charge in [0.05, 0.1) is 23.2 Å². The average molecular weight is 480 g/mol. The summed E-state index contributed by atoms with van der Waals surface area (Å²) in [6.07, 6.45) is 4.05. The highest BCUT2D eigenvalue weighted by Crippen LogP contribution is 2.40. The zero-order valence-corrected chi connectivity index (χ0v) is 19.8. The molecule has 0 radical (unpaired) electrons. The number of nitrogens with one attached hydrogen (secondary N) is 2. The Bertz CT molecular complexity index is 1050. The number of aliphatic hydroxyl groups is 1. The summed E-state index contributed by atoms with van der Waals surface area (Å²) in [6.45, 7) is 0.957. The number of nitrogens with zero attached hydrogens (tertiary/aromatic N) is 1. The van der Waals surface area contributed by atoms with Crippen LogP contribution in [0.25, 0.3) is 0 Å². The SMILES string of the molecule is CN1c2ccccc2C(NCCCCCCC(=O)NCCO)c2ccc(Cl)cc2S1(=O)=O. The molecule has 32 heavy (non-hydrogen) atoms. The van der Waals surface area contributed by atoms with Crippen LogP contribution in [-0.4, -0.2) is 46.2 Å². The largest absolute Gasteiger partial charge is 0.395 e. The van der Waals surface area contributed by atoms with Crippen LogP contribution < -0.4 is 14.9 Å². The Morgan fingerprint density at radius 1 is 1.06 bits per heavy atom. The molecule has 1 aliphatic rings. The molecule has 2 aromatic rings. The normalized spacial score (nSPS) is 16.7. The molecule has 0 spiro atoms. The Hall–Kier alpha value is -2.13. The molecule has 1 amide bonds. The van der Waals surface area contributed by atoms with Crippen molar-refractivity contribution < 1.29 is 18.3 Å². The lowest BCUT2D eigenvalue weighted by atomic mass is 9.96. The lowest BCUT2D eigenvalue weighted by molar-refractivity contribution is -0.121. The van der Waals surface area contributed by atoms with Gasteiger partial charge >= 0.3 is 0 Å². The van der Waals surface area contributed by atoms with Crippen molar-refractivity contribution in [3.8, 4) is 0 Å². The van der Waals surface area contributed by atoms with Gasteiger partial charge in [0.2, 0.25) is 5.91 Å². The number of hydrogen-bond donors (Lipinski definition) is 3. The monoisotopic (exact) mass is 479 g/mol. The predicted molar refractivity (Wildman–Crippen MR) is 127 cm³/mol. The number of anilines is 1. The number of halogens is 1. The van der Waals surface area contributed by atoms with Gasteiger partial charge < -0.3 is 15.7 Å². The third kappa shape index (κ3) is 5.61. The zero-order valence-electron chi connectivity index (χ0n) is 18.2. The topological polar surface area (TPSA) is 98.7 Å². The molecule has 0 saturated heterocycles. The van der Waals surface area contributed by atoms with E-state index in [1.54, 1.807) is 19.2 Å². The summed E-state index contributed by atoms with van der Waals surface area (Å²) in [6, 6.07) is 12.3. The summed E-state index contributed by atoms with van der Waals surface area (Å²) in [7, 11) is -2.16. The van der Waals surface area contributed by atoms with Gasteiger partial charge in [-0.25, -0.2) is 8.42 Å². The molecule has 0 fully saturated rings. The van der Waals surface area contributed by atoms with Crippen LogP contribution >= 0.6 is 11.6 Å². The first-order chi connectivity index (χ1) is 15.4. The minimum Gasteiger partial charge on any atom is -0.395 e. The second-order valence-electron chi connectivity index (χ2n) is 7.84. The fourth-order valence-corrected chi connectivity index (χ4v) is 5.66. The maximum atomic E-state index is 13.2. The number of benzene rings is 2. The minimum absolute atomic E-state index is 0.0344. The van der Waals surface area contributed by atoms with Crippen LogP contribution in [0.1, 0.15) is 49.3 Å². The smallest absolute Gasteiger partial charge is 0.264 e. The standard InChI is InChI=1S/C23H30ClN3O4S/c1-27-20-9-6-5-8-18(20)23(19-12-11-17(24)16-21(19)32(27,30)31)26-13-7-3-2-4-10-22(29)25-14-15-28/h5-6,8-9,11-12,16,23,26,28H,2-4,7,10,13-15H2,1H3,(H,25,29). The molecule has 0 saturated carbocycles. The Morgan fingerprint density at radius 3 is 2.59 bits per heavy atom. The van der Waals surface area contributed by atoms with Crippen LogP contribution in [-0.2, 0) is 14.8 Å². The van der Waals surface area contributed by atoms with E-state index >= 15 is 0 Å². The van der Waals surface area contributed by atoms with Crippen LogP contribution in [0.5, 0.6) is 0 Å². The van der Waals surface area contributed by atoms with Gasteiger partial charge in [-0.2, -0.15) is 0 Å². The summed E-state index contributed by atoms with van der Waals surface area (Å²) in [4.78, 5) is 11.8. The van der Waals surface area contributed by atoms with Gasteiger partial charge in [-0.3, -0.25) is 9.10 Å². The Morgan fingerprint density at radius 2 is 1.81 bits per heavy atom. The number of fused-ring (bicyclic) bond motifs is 2. The summed E-state index contributed by atoms with van der Waals surface area (Å²) < 4.78 is 27.8. The number of aliphatic hydroxyl groups excluding tert-OH is 1. The number of unbranched alkanes of at least 4 members (excludes halogenated alkanes) is 3. The molecule has 1 aliphatic heterocycles. The Kier molecular flexibility index (Phi) is 8.53. The average Bonchev–Trinajstić information content (AvgIpc) is 2.85. The van der Waals surface area contributed by atoms with Gasteiger partial charge in [-0.1, -0.05) is 48.7 Å². The van der Waals surface area contributed by atoms with Crippen molar-refractivity contribution in [1.82, 2.24) is 10.6 Å². The van der Waals surface area contributed by atoms with E-state index in [1.807, 2.05) is 24.3 Å². The van der Waals surface area contributed by atoms with Crippen molar-refractivity contribution in [3.05, 3.63) is 58.6 Å². The third-order valence-corrected chi connectivity index (χ3v) is 7.69. The molecule has 3 N–H and O–H groups in total. The number of rotatable bonds is 10. The molecule has 3 rings (SSSR count). The molecule has 1 heterocycles. The number of sulfonamides is 1. The Labute approximate surface area is 194 Å². The predicted octanol–water partition coefficient (Wildman–Crippen LogP) is 3.22. The van der Waals surface area contributed by atoms with E-state index < -0.39 is 10.0 Å². The summed E-state index contributed by atoms with van der Waals surface area (Å²) in [5.74, 6) is -0.0344. The lowest BCUT2D eigenvalue weighted by Gasteiger charge is -2.22. The maximum Gasteiger partial charge on any atom is 0.264 e. The van der Waals surface area contributed by atoms with E-state index in [0.717, 1.165) is 31.2 Å². The van der Waals surface area contributed by atoms with Crippen LogP contribution in [0, 0.1) is 0 Å². The number of hydrogen-bond acceptors (Lipinski definition) is 5. The van der Waals surface area contributed by atoms with E-state index in [1.165, 1.54) is 10.4 Å². The highest BCUT2D eigenvalue weighted by Gasteiger charge is 2.34. The highest BCUT2D eigenvalue weighted by molar-refractivity contribution is 7.92. The summed E-state index contributed by atoms with van der Waals surface area (Å²) in [5, 5.41) is 15.3. The first-order valence-electron chi connectivity index (χ1n) is 10.8. The van der Waals surface area contributed by atoms with Crippen LogP contribution in [0.2, 0.25) is 5.02 Å². The second-order valence-corrected chi connectivity index (χ2v) is 10.2. The zero-order chi connectivity index (χ0) is 23.1. The number of carbonyl (C=O) groups is 1. The fraction of sp³-hybridized carbons (Fsp3) is 0.435. The molecule has 7 nitrogen and oxygen atoms in total. The van der Waals surface area contributed by atoms with Gasteiger partial charge in [0.15, 0.2) is 0 Å². The van der Waals surface area contributed by atoms with Crippen LogP contribution in [0.3, 0.4) is 0 Å². The number of para-hydroxylation sites is 1. The van der Waals surface area contributed by atoms with Crippen LogP contribution in [0.15, 0.2) is 47.4 Å². The van der Waals surface area contributed by atoms with Gasteiger partial charge in [-0.15, -0.1) is 0 Å². The maximum absolute atomic E-state index is 13.2. The first-order valence-corrected chi connectivity index (χ1v) is 12.7. The molecular weight excluding hydrogens is 450 g/mol. The summed E-state index contributed by atoms with van der Waals surface area (Å²) in [5.41, 5.74) is 2.23. The first kappa shape index (κ1) is 24.5. The molecule has 9 heteroatoms. The Balaban J connectivity index is 1.68. The minimum atomic E-state index is -3.73. The van der Waals surface area contributed by atoms with Gasteiger partial charge in [0.25, 0.3) is 10.0 Å². The molecule has 2 aromatic carbocycles. The van der Waals surface area contributed by atoms with Crippen LogP contribution in [0.4, 0.5) is 5.69 Å². The van der Waals surface area contributed by atoms with Crippen molar-refractivity contribution in [2.75, 3.05) is 31.0 Å². The van der Waals surface area contributed by atoms with E-state index in [4.69, 9.17) is 16.7 Å². The van der Waals surface area contributed by atoms with E-state index in [0.29, 0.717) is 35.8 Å². The molecule has 1 unspecified atom stereocenters. The number of amides is 1. The van der Waals surface area contributed by atoms with E-state index in [2.05, 4.69) is 10.6 Å².